The third-order valence-corrected chi connectivity index (χ3v) is 5.40. The number of halogens is 1. The summed E-state index contributed by atoms with van der Waals surface area (Å²) in [7, 11) is 1.78. The summed E-state index contributed by atoms with van der Waals surface area (Å²) in [5.41, 5.74) is 2.05. The van der Waals surface area contributed by atoms with Crippen LogP contribution in [0.1, 0.15) is 32.0 Å². The van der Waals surface area contributed by atoms with E-state index >= 15 is 0 Å². The molecule has 2 N–H and O–H groups in total. The second kappa shape index (κ2) is 11.7. The molecule has 0 unspecified atom stereocenters. The van der Waals surface area contributed by atoms with Gasteiger partial charge in [-0.3, -0.25) is 4.99 Å². The van der Waals surface area contributed by atoms with Gasteiger partial charge in [-0.2, -0.15) is 0 Å². The molecular formula is C21H34IN5O2. The molecule has 1 saturated heterocycles. The van der Waals surface area contributed by atoms with Crippen LogP contribution >= 0.6 is 24.0 Å². The van der Waals surface area contributed by atoms with Gasteiger partial charge >= 0.3 is 0 Å². The third kappa shape index (κ3) is 6.29. The Morgan fingerprint density at radius 3 is 2.76 bits per heavy atom. The van der Waals surface area contributed by atoms with Gasteiger partial charge in [-0.25, -0.2) is 4.98 Å². The highest BCUT2D eigenvalue weighted by molar-refractivity contribution is 14.0. The van der Waals surface area contributed by atoms with Gasteiger partial charge in [0.1, 0.15) is 5.82 Å². The standard InChI is InChI=1S/C21H33N5O2.HI/c1-4-22-20(24-16-21(27-3)10-14-28-15-11-21)23-12-7-13-26-17(2)25-18-8-5-6-9-19(18)26;/h5-6,8-9H,4,7,10-16H2,1-3H3,(H2,22,23,24);1H. The number of hydrogen-bond acceptors (Lipinski definition) is 4. The number of fused-ring (bicyclic) bond motifs is 1. The Morgan fingerprint density at radius 1 is 1.28 bits per heavy atom. The number of para-hydroxylation sites is 2. The topological polar surface area (TPSA) is 72.7 Å². The highest BCUT2D eigenvalue weighted by atomic mass is 127. The molecule has 2 aromatic rings. The van der Waals surface area contributed by atoms with E-state index in [0.717, 1.165) is 69.4 Å². The number of aryl methyl sites for hydroxylation is 2. The number of benzene rings is 1. The minimum Gasteiger partial charge on any atom is -0.381 e. The summed E-state index contributed by atoms with van der Waals surface area (Å²) < 4.78 is 13.5. The molecule has 0 saturated carbocycles. The van der Waals surface area contributed by atoms with Crippen molar-refractivity contribution in [2.45, 2.75) is 45.3 Å². The largest absolute Gasteiger partial charge is 0.381 e. The SMILES string of the molecule is CCNC(=NCC1(OC)CCOCC1)NCCCn1c(C)nc2ccccc21.I. The van der Waals surface area contributed by atoms with E-state index in [-0.39, 0.29) is 29.6 Å². The Morgan fingerprint density at radius 2 is 2.03 bits per heavy atom. The van der Waals surface area contributed by atoms with Crippen LogP contribution < -0.4 is 10.6 Å². The van der Waals surface area contributed by atoms with Gasteiger partial charge in [0.15, 0.2) is 5.96 Å². The molecule has 162 valence electrons. The van der Waals surface area contributed by atoms with Crippen LogP contribution in [0, 0.1) is 6.92 Å². The van der Waals surface area contributed by atoms with Gasteiger partial charge in [-0.1, -0.05) is 12.1 Å². The summed E-state index contributed by atoms with van der Waals surface area (Å²) in [6.45, 7) is 8.89. The van der Waals surface area contributed by atoms with Crippen LogP contribution in [0.3, 0.4) is 0 Å². The summed E-state index contributed by atoms with van der Waals surface area (Å²) in [4.78, 5) is 9.41. The van der Waals surface area contributed by atoms with Gasteiger partial charge in [-0.15, -0.1) is 24.0 Å². The molecule has 3 rings (SSSR count). The monoisotopic (exact) mass is 515 g/mol. The van der Waals surface area contributed by atoms with Crippen molar-refractivity contribution < 1.29 is 9.47 Å². The second-order valence-corrected chi connectivity index (χ2v) is 7.27. The number of methoxy groups -OCH3 is 1. The molecule has 1 aliphatic heterocycles. The molecule has 0 spiro atoms. The highest BCUT2D eigenvalue weighted by Gasteiger charge is 2.32. The smallest absolute Gasteiger partial charge is 0.191 e. The molecule has 0 atom stereocenters. The minimum absolute atomic E-state index is 0. The van der Waals surface area contributed by atoms with E-state index < -0.39 is 0 Å². The number of guanidine groups is 1. The highest BCUT2D eigenvalue weighted by Crippen LogP contribution is 2.24. The Balaban J connectivity index is 0.00000300. The maximum absolute atomic E-state index is 5.78. The van der Waals surface area contributed by atoms with Crippen LogP contribution in [0.5, 0.6) is 0 Å². The summed E-state index contributed by atoms with van der Waals surface area (Å²) in [6.07, 6.45) is 2.77. The van der Waals surface area contributed by atoms with Crippen LogP contribution in [-0.2, 0) is 16.0 Å². The lowest BCUT2D eigenvalue weighted by Crippen LogP contribution is -2.44. The normalized spacial score (nSPS) is 16.4. The molecular weight excluding hydrogens is 481 g/mol. The zero-order chi connectivity index (χ0) is 19.8. The van der Waals surface area contributed by atoms with Gasteiger partial charge in [0, 0.05) is 52.8 Å². The maximum atomic E-state index is 5.78. The van der Waals surface area contributed by atoms with Gasteiger partial charge in [0.05, 0.1) is 23.2 Å². The fourth-order valence-electron chi connectivity index (χ4n) is 3.66. The summed E-state index contributed by atoms with van der Waals surface area (Å²) in [6, 6.07) is 8.29. The Bertz CT molecular complexity index is 786. The zero-order valence-corrected chi connectivity index (χ0v) is 20.1. The predicted octanol–water partition coefficient (Wildman–Crippen LogP) is 3.10. The molecule has 2 heterocycles. The zero-order valence-electron chi connectivity index (χ0n) is 17.7. The van der Waals surface area contributed by atoms with Crippen LogP contribution in [0.15, 0.2) is 29.3 Å². The molecule has 0 aliphatic carbocycles. The predicted molar refractivity (Wildman–Crippen MR) is 128 cm³/mol. The molecule has 0 bridgehead atoms. The summed E-state index contributed by atoms with van der Waals surface area (Å²) in [5.74, 6) is 1.90. The van der Waals surface area contributed by atoms with Crippen molar-refractivity contribution in [1.82, 2.24) is 20.2 Å². The first-order chi connectivity index (χ1) is 13.7. The molecule has 1 aromatic heterocycles. The van der Waals surface area contributed by atoms with Crippen LogP contribution in [-0.4, -0.2) is 61.1 Å². The molecule has 7 nitrogen and oxygen atoms in total. The number of ether oxygens (including phenoxy) is 2. The van der Waals surface area contributed by atoms with E-state index in [2.05, 4.69) is 52.2 Å². The first-order valence-corrected chi connectivity index (χ1v) is 10.2. The number of aliphatic imine (C=N–C) groups is 1. The van der Waals surface area contributed by atoms with Crippen molar-refractivity contribution in [2.75, 3.05) is 40.0 Å². The van der Waals surface area contributed by atoms with Crippen LogP contribution in [0.2, 0.25) is 0 Å². The number of nitrogens with one attached hydrogen (secondary N) is 2. The van der Waals surface area contributed by atoms with Gasteiger partial charge < -0.3 is 24.7 Å². The quantitative estimate of drug-likeness (QED) is 0.245. The van der Waals surface area contributed by atoms with Gasteiger partial charge in [0.2, 0.25) is 0 Å². The van der Waals surface area contributed by atoms with Gasteiger partial charge in [-0.05, 0) is 32.4 Å². The van der Waals surface area contributed by atoms with E-state index in [1.807, 2.05) is 6.07 Å². The fraction of sp³-hybridized carbons (Fsp3) is 0.619. The number of hydrogen-bond donors (Lipinski definition) is 2. The lowest BCUT2D eigenvalue weighted by atomic mass is 9.94. The molecule has 1 aliphatic rings. The van der Waals surface area contributed by atoms with Crippen LogP contribution in [0.4, 0.5) is 0 Å². The molecule has 0 radical (unpaired) electrons. The molecule has 1 fully saturated rings. The first-order valence-electron chi connectivity index (χ1n) is 10.2. The molecule has 1 aromatic carbocycles. The third-order valence-electron chi connectivity index (χ3n) is 5.40. The van der Waals surface area contributed by atoms with Crippen molar-refractivity contribution in [3.8, 4) is 0 Å². The second-order valence-electron chi connectivity index (χ2n) is 7.27. The van der Waals surface area contributed by atoms with Crippen molar-refractivity contribution in [3.63, 3.8) is 0 Å². The van der Waals surface area contributed by atoms with E-state index in [1.165, 1.54) is 5.52 Å². The summed E-state index contributed by atoms with van der Waals surface area (Å²) in [5, 5.41) is 6.78. The van der Waals surface area contributed by atoms with E-state index in [0.29, 0.717) is 6.54 Å². The maximum Gasteiger partial charge on any atom is 0.191 e. The minimum atomic E-state index is -0.201. The molecule has 8 heteroatoms. The average molecular weight is 515 g/mol. The number of nitrogens with zero attached hydrogens (tertiary/aromatic N) is 3. The number of rotatable bonds is 8. The average Bonchev–Trinajstić information content (AvgIpc) is 3.05. The van der Waals surface area contributed by atoms with E-state index in [1.54, 1.807) is 7.11 Å². The molecule has 0 amide bonds. The molecule has 29 heavy (non-hydrogen) atoms. The van der Waals surface area contributed by atoms with E-state index in [4.69, 9.17) is 14.5 Å². The van der Waals surface area contributed by atoms with Crippen molar-refractivity contribution in [1.29, 1.82) is 0 Å². The van der Waals surface area contributed by atoms with Crippen molar-refractivity contribution >= 4 is 41.0 Å². The lowest BCUT2D eigenvalue weighted by Gasteiger charge is -2.34. The van der Waals surface area contributed by atoms with Gasteiger partial charge in [0.25, 0.3) is 0 Å². The summed E-state index contributed by atoms with van der Waals surface area (Å²) >= 11 is 0. The Labute approximate surface area is 190 Å². The van der Waals surface area contributed by atoms with Crippen molar-refractivity contribution in [2.24, 2.45) is 4.99 Å². The Kier molecular flexibility index (Phi) is 9.64. The van der Waals surface area contributed by atoms with Crippen molar-refractivity contribution in [3.05, 3.63) is 30.1 Å². The Hall–Kier alpha value is -1.39. The van der Waals surface area contributed by atoms with Crippen LogP contribution in [0.25, 0.3) is 11.0 Å². The lowest BCUT2D eigenvalue weighted by molar-refractivity contribution is -0.0828. The number of imidazole rings is 1. The fourth-order valence-corrected chi connectivity index (χ4v) is 3.66. The first kappa shape index (κ1) is 23.9. The number of aromatic nitrogens is 2. The van der Waals surface area contributed by atoms with E-state index in [9.17, 15) is 0 Å².